The molecule has 1 unspecified atom stereocenters. The Labute approximate surface area is 106 Å². The molecule has 0 radical (unpaired) electrons. The van der Waals surface area contributed by atoms with Crippen molar-refractivity contribution in [2.75, 3.05) is 13.2 Å². The van der Waals surface area contributed by atoms with Crippen LogP contribution in [0.2, 0.25) is 0 Å². The molecule has 2 aromatic rings. The van der Waals surface area contributed by atoms with Gasteiger partial charge in [0, 0.05) is 5.56 Å². The summed E-state index contributed by atoms with van der Waals surface area (Å²) in [6, 6.07) is 15.7. The van der Waals surface area contributed by atoms with Crippen LogP contribution < -0.4 is 4.74 Å². The van der Waals surface area contributed by atoms with E-state index in [0.29, 0.717) is 24.5 Å². The molecule has 0 saturated carbocycles. The summed E-state index contributed by atoms with van der Waals surface area (Å²) < 4.78 is 11.0. The average Bonchev–Trinajstić information content (AvgIpc) is 2.62. The fourth-order valence-corrected chi connectivity index (χ4v) is 2.15. The van der Waals surface area contributed by atoms with Crippen molar-refractivity contribution in [1.29, 1.82) is 0 Å². The van der Waals surface area contributed by atoms with Crippen LogP contribution in [-0.2, 0) is 4.74 Å². The van der Waals surface area contributed by atoms with E-state index in [2.05, 4.69) is 0 Å². The molecule has 0 amide bonds. The molecule has 18 heavy (non-hydrogen) atoms. The highest BCUT2D eigenvalue weighted by atomic mass is 16.6. The Morgan fingerprint density at radius 1 is 0.944 bits per heavy atom. The van der Waals surface area contributed by atoms with Gasteiger partial charge in [-0.1, -0.05) is 48.5 Å². The minimum atomic E-state index is -0.911. The zero-order valence-corrected chi connectivity index (χ0v) is 9.87. The normalized spacial score (nSPS) is 18.6. The average molecular weight is 242 g/mol. The van der Waals surface area contributed by atoms with Gasteiger partial charge in [-0.25, -0.2) is 0 Å². The largest absolute Gasteiger partial charge is 0.490 e. The summed E-state index contributed by atoms with van der Waals surface area (Å²) >= 11 is 0. The minimum absolute atomic E-state index is 0.393. The van der Waals surface area contributed by atoms with E-state index < -0.39 is 6.29 Å². The number of para-hydroxylation sites is 1. The lowest BCUT2D eigenvalue weighted by Crippen LogP contribution is -2.04. The molecule has 3 heteroatoms. The Morgan fingerprint density at radius 3 is 2.61 bits per heavy atom. The number of hydrogen-bond acceptors (Lipinski definition) is 3. The van der Waals surface area contributed by atoms with E-state index in [1.165, 1.54) is 0 Å². The van der Waals surface area contributed by atoms with Gasteiger partial charge >= 0.3 is 0 Å². The molecule has 0 aliphatic carbocycles. The quantitative estimate of drug-likeness (QED) is 0.835. The number of fused-ring (bicyclic) bond motifs is 1. The van der Waals surface area contributed by atoms with E-state index in [1.807, 2.05) is 48.5 Å². The van der Waals surface area contributed by atoms with Crippen molar-refractivity contribution >= 4 is 0 Å². The fourth-order valence-electron chi connectivity index (χ4n) is 2.15. The Hall–Kier alpha value is -1.84. The molecule has 2 aromatic carbocycles. The van der Waals surface area contributed by atoms with Crippen LogP contribution in [0.4, 0.5) is 0 Å². The van der Waals surface area contributed by atoms with Gasteiger partial charge < -0.3 is 14.6 Å². The summed E-state index contributed by atoms with van der Waals surface area (Å²) in [7, 11) is 0. The topological polar surface area (TPSA) is 38.7 Å². The molecular formula is C15H14O3. The summed E-state index contributed by atoms with van der Waals surface area (Å²) in [4.78, 5) is 0. The van der Waals surface area contributed by atoms with E-state index in [0.717, 1.165) is 11.1 Å². The molecule has 0 spiro atoms. The SMILES string of the molecule is OC1OCCOc2c(-c3ccccc3)cccc21. The van der Waals surface area contributed by atoms with Gasteiger partial charge in [-0.15, -0.1) is 0 Å². The predicted molar refractivity (Wildman–Crippen MR) is 68.3 cm³/mol. The predicted octanol–water partition coefficient (Wildman–Crippen LogP) is 2.75. The highest BCUT2D eigenvalue weighted by Crippen LogP contribution is 2.37. The van der Waals surface area contributed by atoms with Crippen molar-refractivity contribution in [1.82, 2.24) is 0 Å². The van der Waals surface area contributed by atoms with Crippen molar-refractivity contribution in [2.24, 2.45) is 0 Å². The zero-order valence-electron chi connectivity index (χ0n) is 9.87. The van der Waals surface area contributed by atoms with Crippen LogP contribution in [0.15, 0.2) is 48.5 Å². The lowest BCUT2D eigenvalue weighted by Gasteiger charge is -2.14. The van der Waals surface area contributed by atoms with E-state index in [4.69, 9.17) is 9.47 Å². The third-order valence-electron chi connectivity index (χ3n) is 3.00. The first kappa shape index (κ1) is 11.3. The second kappa shape index (κ2) is 4.80. The highest BCUT2D eigenvalue weighted by molar-refractivity contribution is 5.72. The van der Waals surface area contributed by atoms with Crippen LogP contribution in [0, 0.1) is 0 Å². The molecule has 0 bridgehead atoms. The maximum atomic E-state index is 9.91. The number of benzene rings is 2. The maximum Gasteiger partial charge on any atom is 0.184 e. The number of rotatable bonds is 1. The Bertz CT molecular complexity index is 537. The van der Waals surface area contributed by atoms with Crippen LogP contribution in [0.25, 0.3) is 11.1 Å². The first-order valence-electron chi connectivity index (χ1n) is 5.97. The molecule has 3 nitrogen and oxygen atoms in total. The standard InChI is InChI=1S/C15H14O3/c16-15-13-8-4-7-12(11-5-2-1-3-6-11)14(13)17-9-10-18-15/h1-8,15-16H,9-10H2. The Morgan fingerprint density at radius 2 is 1.78 bits per heavy atom. The van der Waals surface area contributed by atoms with Gasteiger partial charge in [0.15, 0.2) is 6.29 Å². The summed E-state index contributed by atoms with van der Waals surface area (Å²) in [6.45, 7) is 0.845. The molecule has 3 rings (SSSR count). The lowest BCUT2D eigenvalue weighted by atomic mass is 10.0. The van der Waals surface area contributed by atoms with Gasteiger partial charge in [-0.3, -0.25) is 0 Å². The first-order chi connectivity index (χ1) is 8.86. The fraction of sp³-hybridized carbons (Fsp3) is 0.200. The van der Waals surface area contributed by atoms with Crippen LogP contribution in [0.3, 0.4) is 0 Å². The van der Waals surface area contributed by atoms with Crippen LogP contribution in [-0.4, -0.2) is 18.3 Å². The first-order valence-corrected chi connectivity index (χ1v) is 5.97. The Balaban J connectivity index is 2.14. The van der Waals surface area contributed by atoms with Crippen molar-refractivity contribution < 1.29 is 14.6 Å². The molecule has 1 aliphatic rings. The molecule has 1 N–H and O–H groups in total. The van der Waals surface area contributed by atoms with Crippen molar-refractivity contribution in [3.8, 4) is 16.9 Å². The third-order valence-corrected chi connectivity index (χ3v) is 3.00. The smallest absolute Gasteiger partial charge is 0.184 e. The second-order valence-corrected chi connectivity index (χ2v) is 4.16. The van der Waals surface area contributed by atoms with Crippen LogP contribution in [0.1, 0.15) is 11.9 Å². The highest BCUT2D eigenvalue weighted by Gasteiger charge is 2.20. The van der Waals surface area contributed by atoms with E-state index in [9.17, 15) is 5.11 Å². The van der Waals surface area contributed by atoms with Crippen molar-refractivity contribution in [2.45, 2.75) is 6.29 Å². The second-order valence-electron chi connectivity index (χ2n) is 4.16. The van der Waals surface area contributed by atoms with Crippen LogP contribution in [0.5, 0.6) is 5.75 Å². The Kier molecular flexibility index (Phi) is 3.00. The molecule has 1 aliphatic heterocycles. The van der Waals surface area contributed by atoms with Crippen molar-refractivity contribution in [3.63, 3.8) is 0 Å². The van der Waals surface area contributed by atoms with E-state index in [-0.39, 0.29) is 0 Å². The van der Waals surface area contributed by atoms with Crippen LogP contribution >= 0.6 is 0 Å². The van der Waals surface area contributed by atoms with Gasteiger partial charge in [0.05, 0.1) is 12.2 Å². The molecule has 1 heterocycles. The number of aliphatic hydroxyl groups is 1. The lowest BCUT2D eigenvalue weighted by molar-refractivity contribution is -0.100. The number of ether oxygens (including phenoxy) is 2. The van der Waals surface area contributed by atoms with E-state index >= 15 is 0 Å². The molecule has 1 atom stereocenters. The minimum Gasteiger partial charge on any atom is -0.490 e. The van der Waals surface area contributed by atoms with Gasteiger partial charge in [0.25, 0.3) is 0 Å². The molecule has 0 aromatic heterocycles. The van der Waals surface area contributed by atoms with Crippen molar-refractivity contribution in [3.05, 3.63) is 54.1 Å². The summed E-state index contributed by atoms with van der Waals surface area (Å²) in [5, 5.41) is 9.91. The van der Waals surface area contributed by atoms with E-state index in [1.54, 1.807) is 0 Å². The number of aliphatic hydroxyl groups excluding tert-OH is 1. The third kappa shape index (κ3) is 1.98. The monoisotopic (exact) mass is 242 g/mol. The number of hydrogen-bond donors (Lipinski definition) is 1. The van der Waals surface area contributed by atoms with Gasteiger partial charge in [-0.2, -0.15) is 0 Å². The van der Waals surface area contributed by atoms with Gasteiger partial charge in [0.1, 0.15) is 12.4 Å². The van der Waals surface area contributed by atoms with Gasteiger partial charge in [0.2, 0.25) is 0 Å². The molecule has 92 valence electrons. The summed E-state index contributed by atoms with van der Waals surface area (Å²) in [6.07, 6.45) is -0.911. The zero-order chi connectivity index (χ0) is 12.4. The maximum absolute atomic E-state index is 9.91. The summed E-state index contributed by atoms with van der Waals surface area (Å²) in [5.41, 5.74) is 2.75. The summed E-state index contributed by atoms with van der Waals surface area (Å²) in [5.74, 6) is 0.716. The van der Waals surface area contributed by atoms with Gasteiger partial charge in [-0.05, 0) is 5.56 Å². The molecule has 0 fully saturated rings. The molecule has 0 saturated heterocycles. The molecular weight excluding hydrogens is 228 g/mol.